The highest BCUT2D eigenvalue weighted by atomic mass is 35.5. The summed E-state index contributed by atoms with van der Waals surface area (Å²) in [7, 11) is 0. The highest BCUT2D eigenvalue weighted by Crippen LogP contribution is 2.46. The Bertz CT molecular complexity index is 1240. The average molecular weight is 557 g/mol. The molecule has 2 N–H and O–H groups in total. The molecule has 0 bridgehead atoms. The van der Waals surface area contributed by atoms with Crippen LogP contribution in [0.15, 0.2) is 42.5 Å². The molecule has 166 valence electrons. The molecule has 3 aromatic rings. The molecule has 0 radical (unpaired) electrons. The zero-order valence-electron chi connectivity index (χ0n) is 15.4. The van der Waals surface area contributed by atoms with Crippen molar-refractivity contribution >= 4 is 87.2 Å². The molecule has 5 nitrogen and oxygen atoms in total. The van der Waals surface area contributed by atoms with E-state index in [1.165, 1.54) is 36.4 Å². The molecule has 3 amide bonds. The first-order valence-electron chi connectivity index (χ1n) is 8.45. The summed E-state index contributed by atoms with van der Waals surface area (Å²) in [5, 5.41) is 4.48. The van der Waals surface area contributed by atoms with Gasteiger partial charge in [-0.25, -0.2) is 9.18 Å². The molecular formula is C20H9Cl6FN2O3. The third-order valence-corrected chi connectivity index (χ3v) is 6.05. The fourth-order valence-corrected chi connectivity index (χ4v) is 3.72. The molecule has 0 aliphatic carbocycles. The van der Waals surface area contributed by atoms with E-state index in [4.69, 9.17) is 74.3 Å². The van der Waals surface area contributed by atoms with E-state index in [1.807, 2.05) is 5.32 Å². The first kappa shape index (κ1) is 24.7. The second-order valence-corrected chi connectivity index (χ2v) is 8.43. The number of hydrogen-bond acceptors (Lipinski definition) is 3. The van der Waals surface area contributed by atoms with Crippen LogP contribution in [0.4, 0.5) is 14.9 Å². The predicted octanol–water partition coefficient (Wildman–Crippen LogP) is 8.50. The molecule has 3 rings (SSSR count). The zero-order valence-corrected chi connectivity index (χ0v) is 19.9. The summed E-state index contributed by atoms with van der Waals surface area (Å²) in [4.78, 5) is 24.3. The number of hydrogen-bond donors (Lipinski definition) is 2. The van der Waals surface area contributed by atoms with Gasteiger partial charge in [-0.1, -0.05) is 81.7 Å². The van der Waals surface area contributed by atoms with Crippen molar-refractivity contribution in [1.29, 1.82) is 0 Å². The standard InChI is InChI=1S/C20H9Cl6FN2O3/c21-9-5-11(23)15(7-10(9)22)32-18-12(24)6-14(16(25)17(18)26)28-20(31)29-19(30)8-3-1-2-4-13(8)27/h1-7H,(H2,28,29,30,31). The molecule has 0 atom stereocenters. The summed E-state index contributed by atoms with van der Waals surface area (Å²) < 4.78 is 19.3. The van der Waals surface area contributed by atoms with Crippen molar-refractivity contribution in [1.82, 2.24) is 5.32 Å². The summed E-state index contributed by atoms with van der Waals surface area (Å²) in [5.74, 6) is -1.70. The van der Waals surface area contributed by atoms with Gasteiger partial charge < -0.3 is 10.1 Å². The molecule has 0 spiro atoms. The summed E-state index contributed by atoms with van der Waals surface area (Å²) in [6.07, 6.45) is 0. The normalized spacial score (nSPS) is 10.6. The maximum atomic E-state index is 13.7. The lowest BCUT2D eigenvalue weighted by molar-refractivity contribution is 0.0963. The molecule has 0 aliphatic rings. The maximum Gasteiger partial charge on any atom is 0.326 e. The Hall–Kier alpha value is -1.93. The van der Waals surface area contributed by atoms with E-state index >= 15 is 0 Å². The number of amides is 3. The lowest BCUT2D eigenvalue weighted by atomic mass is 10.2. The van der Waals surface area contributed by atoms with Gasteiger partial charge in [-0.15, -0.1) is 0 Å². The number of carbonyl (C=O) groups is 2. The number of imide groups is 1. The lowest BCUT2D eigenvalue weighted by Crippen LogP contribution is -2.34. The van der Waals surface area contributed by atoms with E-state index in [9.17, 15) is 14.0 Å². The molecule has 0 fully saturated rings. The van der Waals surface area contributed by atoms with Gasteiger partial charge in [-0.05, 0) is 24.3 Å². The van der Waals surface area contributed by atoms with E-state index in [2.05, 4.69) is 5.32 Å². The van der Waals surface area contributed by atoms with Crippen molar-refractivity contribution in [2.75, 3.05) is 5.32 Å². The lowest BCUT2D eigenvalue weighted by Gasteiger charge is -2.15. The summed E-state index contributed by atoms with van der Waals surface area (Å²) >= 11 is 36.7. The number of anilines is 1. The van der Waals surface area contributed by atoms with Crippen LogP contribution in [0.1, 0.15) is 10.4 Å². The van der Waals surface area contributed by atoms with Crippen LogP contribution >= 0.6 is 69.6 Å². The third kappa shape index (κ3) is 5.52. The molecule has 0 aliphatic heterocycles. The van der Waals surface area contributed by atoms with E-state index < -0.39 is 17.8 Å². The van der Waals surface area contributed by atoms with Crippen LogP contribution in [0.3, 0.4) is 0 Å². The van der Waals surface area contributed by atoms with E-state index in [0.29, 0.717) is 0 Å². The van der Waals surface area contributed by atoms with Crippen molar-refractivity contribution < 1.29 is 18.7 Å². The molecule has 0 heterocycles. The fourth-order valence-electron chi connectivity index (χ4n) is 2.42. The minimum Gasteiger partial charge on any atom is -0.453 e. The first-order valence-corrected chi connectivity index (χ1v) is 10.7. The summed E-state index contributed by atoms with van der Waals surface area (Å²) in [6, 6.07) is 8.15. The van der Waals surface area contributed by atoms with Crippen LogP contribution in [-0.4, -0.2) is 11.9 Å². The van der Waals surface area contributed by atoms with Gasteiger partial charge >= 0.3 is 6.03 Å². The Morgan fingerprint density at radius 3 is 2.16 bits per heavy atom. The van der Waals surface area contributed by atoms with Crippen LogP contribution in [0.2, 0.25) is 30.1 Å². The largest absolute Gasteiger partial charge is 0.453 e. The van der Waals surface area contributed by atoms with Gasteiger partial charge in [0.05, 0.1) is 36.4 Å². The van der Waals surface area contributed by atoms with Gasteiger partial charge in [0, 0.05) is 6.07 Å². The summed E-state index contributed by atoms with van der Waals surface area (Å²) in [6.45, 7) is 0. The second-order valence-electron chi connectivity index (χ2n) is 6.05. The molecule has 0 aromatic heterocycles. The molecule has 0 saturated carbocycles. The van der Waals surface area contributed by atoms with Crippen molar-refractivity contribution in [2.24, 2.45) is 0 Å². The highest BCUT2D eigenvalue weighted by molar-refractivity contribution is 6.47. The molecule has 0 unspecified atom stereocenters. The van der Waals surface area contributed by atoms with Crippen LogP contribution < -0.4 is 15.4 Å². The Morgan fingerprint density at radius 2 is 1.47 bits per heavy atom. The van der Waals surface area contributed by atoms with Gasteiger partial charge in [-0.3, -0.25) is 10.1 Å². The Balaban J connectivity index is 1.81. The quantitative estimate of drug-likeness (QED) is 0.317. The monoisotopic (exact) mass is 554 g/mol. The van der Waals surface area contributed by atoms with E-state index in [1.54, 1.807) is 0 Å². The number of urea groups is 1. The molecule has 12 heteroatoms. The van der Waals surface area contributed by atoms with Gasteiger partial charge in [0.25, 0.3) is 5.91 Å². The third-order valence-electron chi connectivity index (χ3n) is 3.90. The minimum atomic E-state index is -0.992. The van der Waals surface area contributed by atoms with Crippen molar-refractivity contribution in [3.8, 4) is 11.5 Å². The first-order chi connectivity index (χ1) is 15.1. The van der Waals surface area contributed by atoms with Gasteiger partial charge in [0.1, 0.15) is 16.6 Å². The SMILES string of the molecule is O=C(NC(=O)c1ccccc1F)Nc1cc(Cl)c(Oc2cc(Cl)c(Cl)cc2Cl)c(Cl)c1Cl. The smallest absolute Gasteiger partial charge is 0.326 e. The van der Waals surface area contributed by atoms with Crippen LogP contribution in [0.5, 0.6) is 11.5 Å². The Morgan fingerprint density at radius 1 is 0.812 bits per heavy atom. The Labute approximate surface area is 211 Å². The zero-order chi connectivity index (χ0) is 23.6. The van der Waals surface area contributed by atoms with Gasteiger partial charge in [0.2, 0.25) is 0 Å². The molecule has 3 aromatic carbocycles. The van der Waals surface area contributed by atoms with Crippen LogP contribution in [0, 0.1) is 5.82 Å². The highest BCUT2D eigenvalue weighted by Gasteiger charge is 2.21. The summed E-state index contributed by atoms with van der Waals surface area (Å²) in [5.41, 5.74) is -0.347. The molecule has 32 heavy (non-hydrogen) atoms. The average Bonchev–Trinajstić information content (AvgIpc) is 2.73. The Kier molecular flexibility index (Phi) is 7.98. The van der Waals surface area contributed by atoms with Crippen molar-refractivity contribution in [2.45, 2.75) is 0 Å². The van der Waals surface area contributed by atoms with E-state index in [0.717, 1.165) is 6.07 Å². The van der Waals surface area contributed by atoms with Gasteiger partial charge in [0.15, 0.2) is 5.75 Å². The van der Waals surface area contributed by atoms with Crippen LogP contribution in [0.25, 0.3) is 0 Å². The second kappa shape index (κ2) is 10.3. The number of rotatable bonds is 4. The number of halogens is 7. The van der Waals surface area contributed by atoms with Crippen molar-refractivity contribution in [3.63, 3.8) is 0 Å². The molecule has 0 saturated heterocycles. The topological polar surface area (TPSA) is 67.4 Å². The number of benzene rings is 3. The minimum absolute atomic E-state index is 0.0342. The van der Waals surface area contributed by atoms with Crippen molar-refractivity contribution in [3.05, 3.63) is 84.0 Å². The number of carbonyl (C=O) groups excluding carboxylic acids is 2. The van der Waals surface area contributed by atoms with Gasteiger partial charge in [-0.2, -0.15) is 0 Å². The fraction of sp³-hybridized carbons (Fsp3) is 0. The number of ether oxygens (including phenoxy) is 1. The predicted molar refractivity (Wildman–Crippen MR) is 126 cm³/mol. The number of nitrogens with one attached hydrogen (secondary N) is 2. The molecular weight excluding hydrogens is 548 g/mol. The van der Waals surface area contributed by atoms with Crippen LogP contribution in [-0.2, 0) is 0 Å². The maximum absolute atomic E-state index is 13.7. The van der Waals surface area contributed by atoms with E-state index in [-0.39, 0.29) is 52.9 Å².